The molecule has 2 fully saturated rings. The number of ether oxygens (including phenoxy) is 1. The van der Waals surface area contributed by atoms with Crippen molar-refractivity contribution in [3.05, 3.63) is 29.8 Å². The summed E-state index contributed by atoms with van der Waals surface area (Å²) >= 11 is 0. The molecule has 6 heteroatoms. The first kappa shape index (κ1) is 17.5. The number of amides is 2. The largest absolute Gasteiger partial charge is 0.465 e. The van der Waals surface area contributed by atoms with Crippen LogP contribution in [0.3, 0.4) is 0 Å². The third kappa shape index (κ3) is 4.59. The van der Waals surface area contributed by atoms with E-state index in [2.05, 4.69) is 15.4 Å². The Hall–Kier alpha value is -2.37. The predicted molar refractivity (Wildman–Crippen MR) is 93.0 cm³/mol. The van der Waals surface area contributed by atoms with Gasteiger partial charge in [0.2, 0.25) is 11.8 Å². The van der Waals surface area contributed by atoms with E-state index in [1.54, 1.807) is 24.3 Å². The molecule has 2 N–H and O–H groups in total. The first-order valence-electron chi connectivity index (χ1n) is 8.86. The smallest absolute Gasteiger partial charge is 0.337 e. The van der Waals surface area contributed by atoms with Crippen molar-refractivity contribution in [2.45, 2.75) is 44.6 Å². The zero-order valence-electron chi connectivity index (χ0n) is 14.4. The molecule has 2 aliphatic carbocycles. The molecule has 3 rings (SSSR count). The van der Waals surface area contributed by atoms with E-state index in [9.17, 15) is 14.4 Å². The minimum Gasteiger partial charge on any atom is -0.465 e. The molecule has 134 valence electrons. The van der Waals surface area contributed by atoms with Gasteiger partial charge in [0.15, 0.2) is 0 Å². The Morgan fingerprint density at radius 3 is 2.20 bits per heavy atom. The third-order valence-electron chi connectivity index (χ3n) is 4.94. The lowest BCUT2D eigenvalue weighted by Gasteiger charge is -2.27. The molecule has 25 heavy (non-hydrogen) atoms. The van der Waals surface area contributed by atoms with Crippen molar-refractivity contribution in [3.8, 4) is 0 Å². The number of esters is 1. The highest BCUT2D eigenvalue weighted by Crippen LogP contribution is 2.31. The maximum Gasteiger partial charge on any atom is 0.337 e. The molecule has 0 atom stereocenters. The zero-order valence-corrected chi connectivity index (χ0v) is 14.4. The van der Waals surface area contributed by atoms with Crippen LogP contribution in [0.15, 0.2) is 24.3 Å². The van der Waals surface area contributed by atoms with Gasteiger partial charge in [-0.05, 0) is 56.7 Å². The average molecular weight is 344 g/mol. The highest BCUT2D eigenvalue weighted by Gasteiger charge is 2.32. The van der Waals surface area contributed by atoms with Gasteiger partial charge in [-0.25, -0.2) is 4.79 Å². The fourth-order valence-electron chi connectivity index (χ4n) is 3.25. The van der Waals surface area contributed by atoms with Crippen LogP contribution in [0.2, 0.25) is 0 Å². The van der Waals surface area contributed by atoms with E-state index in [4.69, 9.17) is 0 Å². The van der Waals surface area contributed by atoms with Crippen LogP contribution in [0, 0.1) is 11.8 Å². The van der Waals surface area contributed by atoms with E-state index in [-0.39, 0.29) is 23.7 Å². The van der Waals surface area contributed by atoms with Gasteiger partial charge in [-0.1, -0.05) is 6.07 Å². The standard InChI is InChI=1S/C19H24N2O4/c1-25-19(24)14-3-2-4-16(11-14)21-18(23)13-7-5-12(6-8-13)17(22)20-15-9-10-15/h2-4,11-13,15H,5-10H2,1H3,(H,20,22)(H,21,23). The monoisotopic (exact) mass is 344 g/mol. The molecule has 2 saturated carbocycles. The summed E-state index contributed by atoms with van der Waals surface area (Å²) in [4.78, 5) is 36.1. The van der Waals surface area contributed by atoms with Crippen LogP contribution in [-0.2, 0) is 14.3 Å². The molecule has 0 heterocycles. The van der Waals surface area contributed by atoms with Crippen molar-refractivity contribution >= 4 is 23.5 Å². The van der Waals surface area contributed by atoms with E-state index in [1.165, 1.54) is 7.11 Å². The minimum atomic E-state index is -0.432. The summed E-state index contributed by atoms with van der Waals surface area (Å²) in [5.41, 5.74) is 0.988. The van der Waals surface area contributed by atoms with Crippen molar-refractivity contribution < 1.29 is 19.1 Å². The Morgan fingerprint density at radius 2 is 1.60 bits per heavy atom. The fraction of sp³-hybridized carbons (Fsp3) is 0.526. The quantitative estimate of drug-likeness (QED) is 0.804. The van der Waals surface area contributed by atoms with Gasteiger partial charge in [0.1, 0.15) is 0 Å². The van der Waals surface area contributed by atoms with Crippen LogP contribution in [0.4, 0.5) is 5.69 Å². The van der Waals surface area contributed by atoms with Gasteiger partial charge >= 0.3 is 5.97 Å². The van der Waals surface area contributed by atoms with E-state index < -0.39 is 5.97 Å². The molecular weight excluding hydrogens is 320 g/mol. The predicted octanol–water partition coefficient (Wildman–Crippen LogP) is 2.50. The van der Waals surface area contributed by atoms with Crippen LogP contribution in [0.5, 0.6) is 0 Å². The molecule has 0 aromatic heterocycles. The number of carbonyl (C=O) groups is 3. The molecule has 2 amide bonds. The summed E-state index contributed by atoms with van der Waals surface area (Å²) in [5, 5.41) is 5.92. The number of carbonyl (C=O) groups excluding carboxylic acids is 3. The summed E-state index contributed by atoms with van der Waals surface area (Å²) in [7, 11) is 1.32. The molecule has 0 unspecified atom stereocenters. The number of hydrogen-bond acceptors (Lipinski definition) is 4. The molecule has 0 aliphatic heterocycles. The van der Waals surface area contributed by atoms with Gasteiger partial charge in [-0.3, -0.25) is 9.59 Å². The van der Waals surface area contributed by atoms with Gasteiger partial charge in [-0.2, -0.15) is 0 Å². The van der Waals surface area contributed by atoms with E-state index in [0.717, 1.165) is 25.7 Å². The Balaban J connectivity index is 1.51. The summed E-state index contributed by atoms with van der Waals surface area (Å²) in [6.45, 7) is 0. The SMILES string of the molecule is COC(=O)c1cccc(NC(=O)C2CCC(C(=O)NC3CC3)CC2)c1. The lowest BCUT2D eigenvalue weighted by atomic mass is 9.81. The van der Waals surface area contributed by atoms with Crippen LogP contribution < -0.4 is 10.6 Å². The maximum absolute atomic E-state index is 12.5. The average Bonchev–Trinajstić information content (AvgIpc) is 3.45. The van der Waals surface area contributed by atoms with E-state index in [0.29, 0.717) is 30.1 Å². The minimum absolute atomic E-state index is 0.0345. The van der Waals surface area contributed by atoms with E-state index >= 15 is 0 Å². The summed E-state index contributed by atoms with van der Waals surface area (Å²) in [6, 6.07) is 7.10. The van der Waals surface area contributed by atoms with Gasteiger partial charge in [0, 0.05) is 23.6 Å². The van der Waals surface area contributed by atoms with Crippen molar-refractivity contribution in [2.75, 3.05) is 12.4 Å². The van der Waals surface area contributed by atoms with Crippen molar-refractivity contribution in [3.63, 3.8) is 0 Å². The Bertz CT molecular complexity index is 661. The van der Waals surface area contributed by atoms with Crippen molar-refractivity contribution in [1.82, 2.24) is 5.32 Å². The van der Waals surface area contributed by atoms with Crippen LogP contribution >= 0.6 is 0 Å². The molecule has 0 radical (unpaired) electrons. The van der Waals surface area contributed by atoms with Gasteiger partial charge in [0.05, 0.1) is 12.7 Å². The van der Waals surface area contributed by atoms with Gasteiger partial charge < -0.3 is 15.4 Å². The lowest BCUT2D eigenvalue weighted by molar-refractivity contribution is -0.128. The molecule has 0 bridgehead atoms. The summed E-state index contributed by atoms with van der Waals surface area (Å²) in [5.74, 6) is -0.396. The third-order valence-corrected chi connectivity index (χ3v) is 4.94. The first-order chi connectivity index (χ1) is 12.1. The molecule has 0 spiro atoms. The topological polar surface area (TPSA) is 84.5 Å². The second kappa shape index (κ2) is 7.68. The van der Waals surface area contributed by atoms with Crippen LogP contribution in [0.25, 0.3) is 0 Å². The van der Waals surface area contributed by atoms with Crippen LogP contribution in [0.1, 0.15) is 48.9 Å². The molecule has 6 nitrogen and oxygen atoms in total. The van der Waals surface area contributed by atoms with E-state index in [1.807, 2.05) is 0 Å². The summed E-state index contributed by atoms with van der Waals surface area (Å²) < 4.78 is 4.69. The second-order valence-corrected chi connectivity index (χ2v) is 6.89. The first-order valence-corrected chi connectivity index (χ1v) is 8.86. The maximum atomic E-state index is 12.5. The number of rotatable bonds is 5. The zero-order chi connectivity index (χ0) is 17.8. The van der Waals surface area contributed by atoms with Gasteiger partial charge in [0.25, 0.3) is 0 Å². The number of methoxy groups -OCH3 is 1. The Kier molecular flexibility index (Phi) is 5.36. The van der Waals surface area contributed by atoms with Gasteiger partial charge in [-0.15, -0.1) is 0 Å². The number of hydrogen-bond donors (Lipinski definition) is 2. The second-order valence-electron chi connectivity index (χ2n) is 6.89. The van der Waals surface area contributed by atoms with Crippen LogP contribution in [-0.4, -0.2) is 30.9 Å². The normalized spacial score (nSPS) is 22.8. The molecular formula is C19H24N2O4. The van der Waals surface area contributed by atoms with Crippen molar-refractivity contribution in [1.29, 1.82) is 0 Å². The number of benzene rings is 1. The molecule has 1 aromatic rings. The molecule has 1 aromatic carbocycles. The highest BCUT2D eigenvalue weighted by molar-refractivity contribution is 5.95. The van der Waals surface area contributed by atoms with Crippen molar-refractivity contribution in [2.24, 2.45) is 11.8 Å². The lowest BCUT2D eigenvalue weighted by Crippen LogP contribution is -2.36. The fourth-order valence-corrected chi connectivity index (χ4v) is 3.25. The Labute approximate surface area is 147 Å². The number of nitrogens with one attached hydrogen (secondary N) is 2. The Morgan fingerprint density at radius 1 is 0.960 bits per heavy atom. The number of anilines is 1. The highest BCUT2D eigenvalue weighted by atomic mass is 16.5. The summed E-state index contributed by atoms with van der Waals surface area (Å²) in [6.07, 6.45) is 5.11. The molecule has 0 saturated heterocycles. The molecule has 2 aliphatic rings.